The second kappa shape index (κ2) is 16.8. The molecule has 0 saturated carbocycles. The third-order valence-electron chi connectivity index (χ3n) is 8.80. The molecule has 0 amide bonds. The van der Waals surface area contributed by atoms with Crippen LogP contribution in [0.1, 0.15) is 45.1 Å². The standard InChI is InChI=1S/C43H39FS2.2Pb/c1-4-6-26-45-42-37(35-20-18-33(28-30(35)3)31-14-10-8-11-15-31)22-24-40-39(42)25-23-38(43(40)46-27-7-5-2)36-21-19-34(29-41(36)44)32-16-12-9-13-17-32;;/h10-25,28-29H,4-7,26-27H2,1-3H3;;. The molecule has 238 valence electrons. The molecule has 6 radical (unpaired) electrons. The first-order valence-corrected chi connectivity index (χ1v) is 22.6. The van der Waals surface area contributed by atoms with Gasteiger partial charge in [-0.05, 0) is 12.8 Å². The average Bonchev–Trinajstić information content (AvgIpc) is 3.09. The van der Waals surface area contributed by atoms with Crippen LogP contribution in [0.3, 0.4) is 0 Å². The van der Waals surface area contributed by atoms with Crippen LogP contribution in [0.5, 0.6) is 0 Å². The van der Waals surface area contributed by atoms with Crippen molar-refractivity contribution in [3.63, 3.8) is 0 Å². The first-order chi connectivity index (χ1) is 23.4. The molecule has 0 aliphatic heterocycles. The molecule has 0 aliphatic carbocycles. The van der Waals surface area contributed by atoms with Crippen LogP contribution in [0.4, 0.5) is 4.39 Å². The minimum absolute atomic E-state index is 0.167. The van der Waals surface area contributed by atoms with Crippen molar-refractivity contribution in [3.05, 3.63) is 121 Å². The van der Waals surface area contributed by atoms with Gasteiger partial charge in [-0.15, -0.1) is 0 Å². The van der Waals surface area contributed by atoms with E-state index in [-0.39, 0.29) is 5.82 Å². The van der Waals surface area contributed by atoms with Crippen LogP contribution in [0, 0.1) is 12.7 Å². The van der Waals surface area contributed by atoms with Gasteiger partial charge in [-0.1, -0.05) is 26.7 Å². The van der Waals surface area contributed by atoms with Gasteiger partial charge < -0.3 is 0 Å². The van der Waals surface area contributed by atoms with Crippen molar-refractivity contribution >= 4 is 92.1 Å². The summed E-state index contributed by atoms with van der Waals surface area (Å²) in [6, 6.07) is 39.2. The van der Waals surface area contributed by atoms with E-state index in [2.05, 4.69) is 118 Å². The summed E-state index contributed by atoms with van der Waals surface area (Å²) in [7, 11) is 0. The molecule has 0 aromatic heterocycles. The molecule has 48 heavy (non-hydrogen) atoms. The number of unbranched alkanes of at least 4 members (excludes halogenated alkanes) is 2. The summed E-state index contributed by atoms with van der Waals surface area (Å²) in [4.78, 5) is 2.52. The fourth-order valence-electron chi connectivity index (χ4n) is 6.11. The summed E-state index contributed by atoms with van der Waals surface area (Å²) in [5, 5.41) is 2.49. The van der Waals surface area contributed by atoms with Gasteiger partial charge in [-0.2, -0.15) is 0 Å². The molecule has 0 heterocycles. The molecule has 5 heteroatoms. The predicted molar refractivity (Wildman–Crippen MR) is 212 cm³/mol. The summed E-state index contributed by atoms with van der Waals surface area (Å²) in [6.07, 6.45) is 4.60. The predicted octanol–water partition coefficient (Wildman–Crippen LogP) is 11.3. The van der Waals surface area contributed by atoms with Crippen molar-refractivity contribution in [2.75, 3.05) is 11.5 Å². The number of fused-ring (bicyclic) bond motifs is 1. The summed E-state index contributed by atoms with van der Waals surface area (Å²) < 4.78 is 18.8. The van der Waals surface area contributed by atoms with E-state index < -0.39 is 0 Å². The van der Waals surface area contributed by atoms with Crippen LogP contribution in [0.15, 0.2) is 119 Å². The van der Waals surface area contributed by atoms with E-state index in [9.17, 15) is 0 Å². The number of hydrogen-bond donors (Lipinski definition) is 0. The SMILES string of the molecule is CCCCSc1c(-c2ccc(-c3cc[c]([Pb])cc3)cc2C)ccc2c(SCCCC)c(-c3ccc(-c4cc[c]([Pb])cc4)cc3F)ccc12. The zero-order valence-electron chi connectivity index (χ0n) is 27.8. The van der Waals surface area contributed by atoms with Gasteiger partial charge in [0.2, 0.25) is 0 Å². The molecule has 6 aromatic carbocycles. The fourth-order valence-corrected chi connectivity index (χ4v) is 10.0. The van der Waals surface area contributed by atoms with Gasteiger partial charge in [0.05, 0.1) is 0 Å². The zero-order chi connectivity index (χ0) is 33.6. The molecule has 0 N–H and O–H groups in total. The molecular formula is C43H39FPb2S2. The van der Waals surface area contributed by atoms with Crippen molar-refractivity contribution in [1.29, 1.82) is 0 Å². The van der Waals surface area contributed by atoms with E-state index in [0.717, 1.165) is 92.6 Å². The Hall–Kier alpha value is -1.95. The van der Waals surface area contributed by atoms with Crippen LogP contribution < -0.4 is 6.25 Å². The number of aryl methyl sites for hydroxylation is 1. The molecule has 0 aliphatic rings. The van der Waals surface area contributed by atoms with Gasteiger partial charge in [0.1, 0.15) is 0 Å². The van der Waals surface area contributed by atoms with Crippen LogP contribution >= 0.6 is 23.5 Å². The summed E-state index contributed by atoms with van der Waals surface area (Å²) in [6.45, 7) is 6.74. The Morgan fingerprint density at radius 3 is 1.38 bits per heavy atom. The van der Waals surface area contributed by atoms with E-state index in [4.69, 9.17) is 0 Å². The number of thioether (sulfide) groups is 2. The van der Waals surface area contributed by atoms with E-state index in [1.165, 1.54) is 67.5 Å². The molecule has 6 rings (SSSR count). The van der Waals surface area contributed by atoms with Gasteiger partial charge >= 0.3 is 290 Å². The molecule has 0 bridgehead atoms. The van der Waals surface area contributed by atoms with Crippen LogP contribution in [-0.2, 0) is 0 Å². The summed E-state index contributed by atoms with van der Waals surface area (Å²) in [5.74, 6) is 1.92. The van der Waals surface area contributed by atoms with Gasteiger partial charge in [0, 0.05) is 0 Å². The number of halogens is 1. The number of benzene rings is 6. The van der Waals surface area contributed by atoms with E-state index >= 15 is 4.39 Å². The van der Waals surface area contributed by atoms with Gasteiger partial charge in [-0.3, -0.25) is 0 Å². The monoisotopic (exact) mass is 1050 g/mol. The topological polar surface area (TPSA) is 0 Å². The number of hydrogen-bond acceptors (Lipinski definition) is 2. The van der Waals surface area contributed by atoms with Crippen molar-refractivity contribution in [3.8, 4) is 44.5 Å². The van der Waals surface area contributed by atoms with E-state index in [1.54, 1.807) is 6.07 Å². The fraction of sp³-hybridized carbons (Fsp3) is 0.209. The Balaban J connectivity index is 1.47. The molecule has 0 spiro atoms. The number of rotatable bonds is 12. The molecule has 0 atom stereocenters. The second-order valence-electron chi connectivity index (χ2n) is 12.3. The molecule has 6 aromatic rings. The van der Waals surface area contributed by atoms with Gasteiger partial charge in [-0.25, -0.2) is 0 Å². The molecular weight excluding hydrogens is 1010 g/mol. The Morgan fingerprint density at radius 2 is 0.917 bits per heavy atom. The van der Waals surface area contributed by atoms with Crippen molar-refractivity contribution in [2.45, 2.75) is 56.2 Å². The van der Waals surface area contributed by atoms with E-state index in [0.29, 0.717) is 5.56 Å². The van der Waals surface area contributed by atoms with Crippen LogP contribution in [0.2, 0.25) is 0 Å². The minimum atomic E-state index is -0.167. The Morgan fingerprint density at radius 1 is 0.500 bits per heavy atom. The van der Waals surface area contributed by atoms with Crippen LogP contribution in [0.25, 0.3) is 55.3 Å². The first kappa shape index (κ1) is 35.9. The second-order valence-corrected chi connectivity index (χ2v) is 19.0. The molecule has 0 nitrogen and oxygen atoms in total. The maximum absolute atomic E-state index is 16.1. The average molecular weight is 1050 g/mol. The zero-order valence-corrected chi connectivity index (χ0v) is 37.2. The van der Waals surface area contributed by atoms with Crippen molar-refractivity contribution in [1.82, 2.24) is 0 Å². The summed E-state index contributed by atoms with van der Waals surface area (Å²) in [5.41, 5.74) is 10.0. The normalized spacial score (nSPS) is 11.4. The van der Waals surface area contributed by atoms with Gasteiger partial charge in [0.25, 0.3) is 0 Å². The van der Waals surface area contributed by atoms with Crippen molar-refractivity contribution < 1.29 is 4.39 Å². The van der Waals surface area contributed by atoms with Gasteiger partial charge in [0.15, 0.2) is 0 Å². The summed E-state index contributed by atoms with van der Waals surface area (Å²) >= 11 is 5.94. The van der Waals surface area contributed by atoms with E-state index in [1.807, 2.05) is 29.6 Å². The maximum atomic E-state index is 16.1. The quantitative estimate of drug-likeness (QED) is 0.0681. The Labute approximate surface area is 326 Å². The third-order valence-corrected chi connectivity index (χ3v) is 13.8. The third kappa shape index (κ3) is 8.16. The Kier molecular flexibility index (Phi) is 12.6. The van der Waals surface area contributed by atoms with Crippen molar-refractivity contribution in [2.24, 2.45) is 0 Å². The molecule has 0 unspecified atom stereocenters. The molecule has 0 fully saturated rings. The first-order valence-electron chi connectivity index (χ1n) is 16.8. The Bertz CT molecular complexity index is 1890. The van der Waals surface area contributed by atoms with Crippen LogP contribution in [-0.4, -0.2) is 63.0 Å². The molecule has 0 saturated heterocycles.